The molecule has 1 heterocycles. The Kier molecular flexibility index (Phi) is 11.2. The standard InChI is InChI=1S/C18H24FN3OS.HI/c1-20-18(22-12-10-17-5-4-14-24-17)21-11-2-3-13-23-16-8-6-15(19)7-9-16;/h4-9,14H,2-3,10-13H2,1H3,(H2,20,21,22);1H. The molecule has 0 aliphatic rings. The fourth-order valence-electron chi connectivity index (χ4n) is 2.13. The van der Waals surface area contributed by atoms with E-state index >= 15 is 0 Å². The van der Waals surface area contributed by atoms with Gasteiger partial charge in [-0.2, -0.15) is 0 Å². The van der Waals surface area contributed by atoms with Crippen LogP contribution in [-0.4, -0.2) is 32.7 Å². The number of aliphatic imine (C=N–C) groups is 1. The van der Waals surface area contributed by atoms with Crippen molar-refractivity contribution in [3.05, 3.63) is 52.5 Å². The number of thiophene rings is 1. The molecule has 25 heavy (non-hydrogen) atoms. The molecule has 4 nitrogen and oxygen atoms in total. The van der Waals surface area contributed by atoms with Crippen molar-refractivity contribution in [2.24, 2.45) is 4.99 Å². The number of ether oxygens (including phenoxy) is 1. The van der Waals surface area contributed by atoms with E-state index in [1.807, 2.05) is 0 Å². The first-order valence-electron chi connectivity index (χ1n) is 8.13. The van der Waals surface area contributed by atoms with E-state index in [2.05, 4.69) is 33.1 Å². The maximum Gasteiger partial charge on any atom is 0.190 e. The third kappa shape index (κ3) is 9.06. The number of nitrogens with one attached hydrogen (secondary N) is 2. The van der Waals surface area contributed by atoms with Crippen LogP contribution in [0.15, 0.2) is 46.8 Å². The molecule has 0 spiro atoms. The summed E-state index contributed by atoms with van der Waals surface area (Å²) in [7, 11) is 1.78. The van der Waals surface area contributed by atoms with Crippen molar-refractivity contribution in [3.63, 3.8) is 0 Å². The smallest absolute Gasteiger partial charge is 0.190 e. The monoisotopic (exact) mass is 477 g/mol. The van der Waals surface area contributed by atoms with Crippen molar-refractivity contribution < 1.29 is 9.13 Å². The fourth-order valence-corrected chi connectivity index (χ4v) is 2.84. The topological polar surface area (TPSA) is 45.7 Å². The van der Waals surface area contributed by atoms with Crippen LogP contribution in [0.1, 0.15) is 17.7 Å². The molecular weight excluding hydrogens is 452 g/mol. The van der Waals surface area contributed by atoms with Gasteiger partial charge in [0.2, 0.25) is 0 Å². The lowest BCUT2D eigenvalue weighted by molar-refractivity contribution is 0.306. The molecule has 2 N–H and O–H groups in total. The van der Waals surface area contributed by atoms with Gasteiger partial charge >= 0.3 is 0 Å². The van der Waals surface area contributed by atoms with Gasteiger partial charge < -0.3 is 15.4 Å². The lowest BCUT2D eigenvalue weighted by Crippen LogP contribution is -2.38. The van der Waals surface area contributed by atoms with Crippen LogP contribution in [0, 0.1) is 5.82 Å². The molecule has 0 atom stereocenters. The zero-order valence-corrected chi connectivity index (χ0v) is 17.5. The summed E-state index contributed by atoms with van der Waals surface area (Å²) in [5.74, 6) is 1.28. The van der Waals surface area contributed by atoms with Crippen LogP contribution >= 0.6 is 35.3 Å². The zero-order valence-electron chi connectivity index (χ0n) is 14.3. The van der Waals surface area contributed by atoms with Gasteiger partial charge in [-0.1, -0.05) is 6.07 Å². The molecule has 138 valence electrons. The largest absolute Gasteiger partial charge is 0.494 e. The van der Waals surface area contributed by atoms with Gasteiger partial charge in [0.05, 0.1) is 6.61 Å². The Morgan fingerprint density at radius 2 is 1.88 bits per heavy atom. The quantitative estimate of drug-likeness (QED) is 0.248. The summed E-state index contributed by atoms with van der Waals surface area (Å²) in [4.78, 5) is 5.58. The third-order valence-corrected chi connectivity index (χ3v) is 4.35. The van der Waals surface area contributed by atoms with Crippen LogP contribution in [0.3, 0.4) is 0 Å². The normalized spacial score (nSPS) is 10.9. The molecule has 0 aliphatic heterocycles. The Labute approximate surface area is 169 Å². The summed E-state index contributed by atoms with van der Waals surface area (Å²) in [6.45, 7) is 2.33. The molecule has 1 aromatic heterocycles. The highest BCUT2D eigenvalue weighted by Gasteiger charge is 1.99. The first kappa shape index (κ1) is 21.7. The summed E-state index contributed by atoms with van der Waals surface area (Å²) >= 11 is 1.77. The molecule has 7 heteroatoms. The number of guanidine groups is 1. The Bertz CT molecular complexity index is 605. The van der Waals surface area contributed by atoms with Gasteiger partial charge in [0.1, 0.15) is 11.6 Å². The minimum atomic E-state index is -0.246. The van der Waals surface area contributed by atoms with Crippen molar-refractivity contribution in [2.45, 2.75) is 19.3 Å². The Morgan fingerprint density at radius 1 is 1.12 bits per heavy atom. The number of halogens is 2. The van der Waals surface area contributed by atoms with Gasteiger partial charge in [-0.15, -0.1) is 35.3 Å². The molecule has 2 rings (SSSR count). The van der Waals surface area contributed by atoms with Crippen molar-refractivity contribution in [2.75, 3.05) is 26.7 Å². The van der Waals surface area contributed by atoms with E-state index in [0.717, 1.165) is 38.3 Å². The molecule has 0 amide bonds. The second kappa shape index (κ2) is 12.9. The minimum absolute atomic E-state index is 0. The van der Waals surface area contributed by atoms with Crippen LogP contribution in [0.4, 0.5) is 4.39 Å². The molecule has 2 aromatic rings. The highest BCUT2D eigenvalue weighted by molar-refractivity contribution is 14.0. The highest BCUT2D eigenvalue weighted by Crippen LogP contribution is 2.11. The summed E-state index contributed by atoms with van der Waals surface area (Å²) in [5.41, 5.74) is 0. The lowest BCUT2D eigenvalue weighted by Gasteiger charge is -2.11. The predicted molar refractivity (Wildman–Crippen MR) is 114 cm³/mol. The number of nitrogens with zero attached hydrogens (tertiary/aromatic N) is 1. The lowest BCUT2D eigenvalue weighted by atomic mass is 10.3. The predicted octanol–water partition coefficient (Wildman–Crippen LogP) is 4.07. The second-order valence-electron chi connectivity index (χ2n) is 5.26. The number of hydrogen-bond donors (Lipinski definition) is 2. The van der Waals surface area contributed by atoms with Gasteiger partial charge in [-0.25, -0.2) is 4.39 Å². The maximum absolute atomic E-state index is 12.8. The average Bonchev–Trinajstić information content (AvgIpc) is 3.11. The van der Waals surface area contributed by atoms with Crippen molar-refractivity contribution in [1.82, 2.24) is 10.6 Å². The van der Waals surface area contributed by atoms with E-state index in [1.54, 1.807) is 30.5 Å². The fraction of sp³-hybridized carbons (Fsp3) is 0.389. The van der Waals surface area contributed by atoms with Crippen LogP contribution in [0.2, 0.25) is 0 Å². The van der Waals surface area contributed by atoms with Crippen molar-refractivity contribution >= 4 is 41.3 Å². The number of rotatable bonds is 9. The number of benzene rings is 1. The van der Waals surface area contributed by atoms with Crippen molar-refractivity contribution in [1.29, 1.82) is 0 Å². The Balaban J connectivity index is 0.00000312. The summed E-state index contributed by atoms with van der Waals surface area (Å²) < 4.78 is 18.3. The molecule has 0 aliphatic carbocycles. The van der Waals surface area contributed by atoms with Crippen molar-refractivity contribution in [3.8, 4) is 5.75 Å². The highest BCUT2D eigenvalue weighted by atomic mass is 127. The molecule has 0 saturated heterocycles. The molecular formula is C18H25FIN3OS. The maximum atomic E-state index is 12.8. The van der Waals surface area contributed by atoms with E-state index in [4.69, 9.17) is 4.74 Å². The summed E-state index contributed by atoms with van der Waals surface area (Å²) in [5, 5.41) is 8.69. The summed E-state index contributed by atoms with van der Waals surface area (Å²) in [6, 6.07) is 10.3. The van der Waals surface area contributed by atoms with Crippen LogP contribution in [0.5, 0.6) is 5.75 Å². The number of hydrogen-bond acceptors (Lipinski definition) is 3. The first-order valence-corrected chi connectivity index (χ1v) is 9.01. The molecule has 0 unspecified atom stereocenters. The van der Waals surface area contributed by atoms with E-state index in [-0.39, 0.29) is 29.8 Å². The van der Waals surface area contributed by atoms with E-state index in [1.165, 1.54) is 17.0 Å². The van der Waals surface area contributed by atoms with Gasteiger partial charge in [0.15, 0.2) is 5.96 Å². The third-order valence-electron chi connectivity index (χ3n) is 3.41. The van der Waals surface area contributed by atoms with E-state index in [0.29, 0.717) is 12.4 Å². The molecule has 0 fully saturated rings. The van der Waals surface area contributed by atoms with Gasteiger partial charge in [-0.05, 0) is 55.0 Å². The number of unbranched alkanes of at least 4 members (excludes halogenated alkanes) is 1. The molecule has 1 aromatic carbocycles. The second-order valence-corrected chi connectivity index (χ2v) is 6.30. The van der Waals surface area contributed by atoms with Gasteiger partial charge in [0.25, 0.3) is 0 Å². The Hall–Kier alpha value is -1.35. The Morgan fingerprint density at radius 3 is 2.56 bits per heavy atom. The van der Waals surface area contributed by atoms with E-state index < -0.39 is 0 Å². The van der Waals surface area contributed by atoms with Crippen LogP contribution < -0.4 is 15.4 Å². The van der Waals surface area contributed by atoms with Crippen LogP contribution in [0.25, 0.3) is 0 Å². The summed E-state index contributed by atoms with van der Waals surface area (Å²) in [6.07, 6.45) is 2.91. The minimum Gasteiger partial charge on any atom is -0.494 e. The zero-order chi connectivity index (χ0) is 17.0. The molecule has 0 radical (unpaired) electrons. The average molecular weight is 477 g/mol. The molecule has 0 bridgehead atoms. The SMILES string of the molecule is CN=C(NCCCCOc1ccc(F)cc1)NCCc1cccs1.I. The van der Waals surface area contributed by atoms with Crippen LogP contribution in [-0.2, 0) is 6.42 Å². The van der Waals surface area contributed by atoms with E-state index in [9.17, 15) is 4.39 Å². The molecule has 0 saturated carbocycles. The van der Waals surface area contributed by atoms with Gasteiger partial charge in [0, 0.05) is 25.0 Å². The first-order chi connectivity index (χ1) is 11.8. The van der Waals surface area contributed by atoms with Gasteiger partial charge in [-0.3, -0.25) is 4.99 Å².